The maximum atomic E-state index is 5.69. The number of hydrogen-bond donors (Lipinski definition) is 0. The van der Waals surface area contributed by atoms with Gasteiger partial charge in [-0.15, -0.1) is 0 Å². The zero-order chi connectivity index (χ0) is 8.27. The number of rotatable bonds is 1. The molecule has 0 saturated carbocycles. The largest absolute Gasteiger partial charge is 0.377 e. The zero-order valence-corrected chi connectivity index (χ0v) is 7.84. The molecule has 1 unspecified atom stereocenters. The number of likely N-dealkylation sites (N-methyl/N-ethyl adjacent to an activating group) is 1. The van der Waals surface area contributed by atoms with Crippen molar-refractivity contribution in [3.05, 3.63) is 0 Å². The van der Waals surface area contributed by atoms with Crippen LogP contribution in [0.3, 0.4) is 0 Å². The molecule has 1 fully saturated rings. The van der Waals surface area contributed by atoms with Crippen LogP contribution in [0.4, 0.5) is 0 Å². The lowest BCUT2D eigenvalue weighted by molar-refractivity contribution is 0.0258. The standard InChI is InChI=1S/C9H19NO/c1-8(2)9-7-10(3)5-4-6-11-9/h8-9H,4-7H2,1-3H3. The first-order valence-corrected chi connectivity index (χ1v) is 4.50. The van der Waals surface area contributed by atoms with Crippen LogP contribution in [0.15, 0.2) is 0 Å². The van der Waals surface area contributed by atoms with E-state index in [9.17, 15) is 0 Å². The van der Waals surface area contributed by atoms with Gasteiger partial charge in [0, 0.05) is 19.7 Å². The first kappa shape index (κ1) is 9.01. The van der Waals surface area contributed by atoms with E-state index in [4.69, 9.17) is 4.74 Å². The molecule has 1 rings (SSSR count). The molecule has 0 aliphatic carbocycles. The van der Waals surface area contributed by atoms with E-state index in [1.54, 1.807) is 0 Å². The topological polar surface area (TPSA) is 12.5 Å². The summed E-state index contributed by atoms with van der Waals surface area (Å²) in [6.45, 7) is 7.67. The van der Waals surface area contributed by atoms with Crippen molar-refractivity contribution in [1.82, 2.24) is 4.90 Å². The second-order valence-electron chi connectivity index (χ2n) is 3.77. The van der Waals surface area contributed by atoms with Crippen LogP contribution in [0.5, 0.6) is 0 Å². The van der Waals surface area contributed by atoms with Crippen molar-refractivity contribution >= 4 is 0 Å². The first-order chi connectivity index (χ1) is 5.20. The highest BCUT2D eigenvalue weighted by atomic mass is 16.5. The van der Waals surface area contributed by atoms with Crippen LogP contribution in [0, 0.1) is 5.92 Å². The molecule has 1 saturated heterocycles. The molecule has 2 heteroatoms. The third kappa shape index (κ3) is 2.80. The molecule has 0 aromatic rings. The summed E-state index contributed by atoms with van der Waals surface area (Å²) in [6.07, 6.45) is 1.63. The molecule has 1 aliphatic heterocycles. The van der Waals surface area contributed by atoms with E-state index >= 15 is 0 Å². The van der Waals surface area contributed by atoms with Crippen molar-refractivity contribution in [1.29, 1.82) is 0 Å². The lowest BCUT2D eigenvalue weighted by atomic mass is 10.1. The minimum Gasteiger partial charge on any atom is -0.377 e. The molecule has 11 heavy (non-hydrogen) atoms. The molecule has 0 amide bonds. The Labute approximate surface area is 69.5 Å². The summed E-state index contributed by atoms with van der Waals surface area (Å²) in [4.78, 5) is 2.36. The molecule has 0 bridgehead atoms. The monoisotopic (exact) mass is 157 g/mol. The van der Waals surface area contributed by atoms with Crippen LogP contribution in [0.2, 0.25) is 0 Å². The van der Waals surface area contributed by atoms with Gasteiger partial charge in [-0.2, -0.15) is 0 Å². The average molecular weight is 157 g/mol. The van der Waals surface area contributed by atoms with E-state index in [0.29, 0.717) is 12.0 Å². The Morgan fingerprint density at radius 2 is 2.18 bits per heavy atom. The van der Waals surface area contributed by atoms with Gasteiger partial charge in [-0.05, 0) is 19.4 Å². The highest BCUT2D eigenvalue weighted by Crippen LogP contribution is 2.11. The Kier molecular flexibility index (Phi) is 3.34. The van der Waals surface area contributed by atoms with Crippen molar-refractivity contribution in [3.8, 4) is 0 Å². The van der Waals surface area contributed by atoms with Gasteiger partial charge in [-0.25, -0.2) is 0 Å². The third-order valence-corrected chi connectivity index (χ3v) is 2.25. The van der Waals surface area contributed by atoms with Crippen LogP contribution < -0.4 is 0 Å². The molecule has 1 atom stereocenters. The minimum atomic E-state index is 0.447. The van der Waals surface area contributed by atoms with Gasteiger partial charge in [0.25, 0.3) is 0 Å². The second-order valence-corrected chi connectivity index (χ2v) is 3.77. The molecule has 0 radical (unpaired) electrons. The molecule has 0 aromatic heterocycles. The SMILES string of the molecule is CC(C)C1CN(C)CCCO1. The Bertz CT molecular complexity index is 114. The minimum absolute atomic E-state index is 0.447. The van der Waals surface area contributed by atoms with E-state index in [-0.39, 0.29) is 0 Å². The maximum absolute atomic E-state index is 5.69. The molecule has 0 spiro atoms. The average Bonchev–Trinajstić information content (AvgIpc) is 2.13. The van der Waals surface area contributed by atoms with Gasteiger partial charge in [-0.1, -0.05) is 13.8 Å². The molecule has 0 aromatic carbocycles. The zero-order valence-electron chi connectivity index (χ0n) is 7.84. The lowest BCUT2D eigenvalue weighted by Gasteiger charge is -2.22. The number of hydrogen-bond acceptors (Lipinski definition) is 2. The van der Waals surface area contributed by atoms with Crippen molar-refractivity contribution < 1.29 is 4.74 Å². The van der Waals surface area contributed by atoms with Gasteiger partial charge < -0.3 is 9.64 Å². The van der Waals surface area contributed by atoms with Crippen molar-refractivity contribution in [2.24, 2.45) is 5.92 Å². The summed E-state index contributed by atoms with van der Waals surface area (Å²) < 4.78 is 5.69. The second kappa shape index (κ2) is 4.07. The smallest absolute Gasteiger partial charge is 0.0724 e. The van der Waals surface area contributed by atoms with Gasteiger partial charge >= 0.3 is 0 Å². The maximum Gasteiger partial charge on any atom is 0.0724 e. The van der Waals surface area contributed by atoms with E-state index < -0.39 is 0 Å². The molecule has 1 heterocycles. The normalized spacial score (nSPS) is 28.9. The summed E-state index contributed by atoms with van der Waals surface area (Å²) in [5, 5.41) is 0. The summed E-state index contributed by atoms with van der Waals surface area (Å²) in [7, 11) is 2.17. The fourth-order valence-corrected chi connectivity index (χ4v) is 1.42. The van der Waals surface area contributed by atoms with Crippen molar-refractivity contribution in [3.63, 3.8) is 0 Å². The van der Waals surface area contributed by atoms with E-state index in [1.165, 1.54) is 13.0 Å². The Morgan fingerprint density at radius 3 is 2.82 bits per heavy atom. The summed E-state index contributed by atoms with van der Waals surface area (Å²) >= 11 is 0. The van der Waals surface area contributed by atoms with Crippen LogP contribution in [-0.2, 0) is 4.74 Å². The van der Waals surface area contributed by atoms with Gasteiger partial charge in [0.2, 0.25) is 0 Å². The predicted molar refractivity (Wildman–Crippen MR) is 46.7 cm³/mol. The van der Waals surface area contributed by atoms with Crippen LogP contribution in [-0.4, -0.2) is 37.7 Å². The fourth-order valence-electron chi connectivity index (χ4n) is 1.42. The molecular weight excluding hydrogens is 138 g/mol. The Balaban J connectivity index is 2.39. The summed E-state index contributed by atoms with van der Waals surface area (Å²) in [5.74, 6) is 0.649. The van der Waals surface area contributed by atoms with E-state index in [0.717, 1.165) is 13.2 Å². The summed E-state index contributed by atoms with van der Waals surface area (Å²) in [6, 6.07) is 0. The molecule has 1 aliphatic rings. The summed E-state index contributed by atoms with van der Waals surface area (Å²) in [5.41, 5.74) is 0. The van der Waals surface area contributed by atoms with Crippen molar-refractivity contribution in [2.75, 3.05) is 26.7 Å². The predicted octanol–water partition coefficient (Wildman–Crippen LogP) is 1.36. The molecule has 2 nitrogen and oxygen atoms in total. The Hall–Kier alpha value is -0.0800. The Morgan fingerprint density at radius 1 is 1.45 bits per heavy atom. The van der Waals surface area contributed by atoms with Gasteiger partial charge in [0.05, 0.1) is 6.10 Å². The molecular formula is C9H19NO. The van der Waals surface area contributed by atoms with E-state index in [2.05, 4.69) is 25.8 Å². The molecule has 66 valence electrons. The van der Waals surface area contributed by atoms with Gasteiger partial charge in [0.15, 0.2) is 0 Å². The fraction of sp³-hybridized carbons (Fsp3) is 1.00. The highest BCUT2D eigenvalue weighted by molar-refractivity contribution is 4.69. The number of nitrogens with zero attached hydrogens (tertiary/aromatic N) is 1. The van der Waals surface area contributed by atoms with Gasteiger partial charge in [0.1, 0.15) is 0 Å². The van der Waals surface area contributed by atoms with Crippen LogP contribution in [0.1, 0.15) is 20.3 Å². The highest BCUT2D eigenvalue weighted by Gasteiger charge is 2.18. The van der Waals surface area contributed by atoms with E-state index in [1.807, 2.05) is 0 Å². The first-order valence-electron chi connectivity index (χ1n) is 4.50. The van der Waals surface area contributed by atoms with Crippen molar-refractivity contribution in [2.45, 2.75) is 26.4 Å². The third-order valence-electron chi connectivity index (χ3n) is 2.25. The lowest BCUT2D eigenvalue weighted by Crippen LogP contribution is -2.31. The number of ether oxygens (including phenoxy) is 1. The van der Waals surface area contributed by atoms with Crippen LogP contribution in [0.25, 0.3) is 0 Å². The van der Waals surface area contributed by atoms with Gasteiger partial charge in [-0.3, -0.25) is 0 Å². The van der Waals surface area contributed by atoms with Crippen LogP contribution >= 0.6 is 0 Å². The quantitative estimate of drug-likeness (QED) is 0.570. The molecule has 0 N–H and O–H groups in total.